The lowest BCUT2D eigenvalue weighted by atomic mass is 10.1. The number of para-hydroxylation sites is 1. The summed E-state index contributed by atoms with van der Waals surface area (Å²) >= 11 is 0. The van der Waals surface area contributed by atoms with Crippen LogP contribution in [0.3, 0.4) is 0 Å². The maximum atomic E-state index is 12.5. The average molecular weight is 342 g/mol. The molecule has 3 rings (SSSR count). The van der Waals surface area contributed by atoms with Crippen LogP contribution >= 0.6 is 0 Å². The van der Waals surface area contributed by atoms with Gasteiger partial charge in [-0.1, -0.05) is 50.2 Å². The Morgan fingerprint density at radius 1 is 0.958 bits per heavy atom. The minimum atomic E-state index is -3.92. The first-order chi connectivity index (χ1) is 11.5. The summed E-state index contributed by atoms with van der Waals surface area (Å²) in [6.45, 7) is 3.99. The van der Waals surface area contributed by atoms with E-state index in [1.54, 1.807) is 24.3 Å². The van der Waals surface area contributed by atoms with Gasteiger partial charge in [0, 0.05) is 6.07 Å². The number of benzene rings is 2. The highest BCUT2D eigenvalue weighted by atomic mass is 32.2. The Labute approximate surface area is 141 Å². The quantitative estimate of drug-likeness (QED) is 0.662. The van der Waals surface area contributed by atoms with Crippen molar-refractivity contribution in [2.45, 2.75) is 24.7 Å². The van der Waals surface area contributed by atoms with Gasteiger partial charge in [-0.2, -0.15) is 18.2 Å². The zero-order valence-electron chi connectivity index (χ0n) is 13.5. The summed E-state index contributed by atoms with van der Waals surface area (Å²) in [5.74, 6) is 0.325. The van der Waals surface area contributed by atoms with Crippen LogP contribution in [0.4, 0.5) is 0 Å². The van der Waals surface area contributed by atoms with Crippen molar-refractivity contribution in [2.24, 2.45) is 0 Å². The van der Waals surface area contributed by atoms with Crippen LogP contribution in [0, 0.1) is 0 Å². The van der Waals surface area contributed by atoms with Crippen LogP contribution in [-0.4, -0.2) is 18.2 Å². The molecule has 6 heteroatoms. The predicted octanol–water partition coefficient (Wildman–Crippen LogP) is 3.76. The van der Waals surface area contributed by atoms with Gasteiger partial charge < -0.3 is 4.18 Å². The molecule has 0 atom stereocenters. The highest BCUT2D eigenvalue weighted by molar-refractivity contribution is 7.87. The second-order valence-corrected chi connectivity index (χ2v) is 7.21. The van der Waals surface area contributed by atoms with Crippen molar-refractivity contribution < 1.29 is 12.6 Å². The first-order valence-electron chi connectivity index (χ1n) is 7.62. The van der Waals surface area contributed by atoms with E-state index in [0.717, 1.165) is 11.4 Å². The van der Waals surface area contributed by atoms with E-state index in [1.165, 1.54) is 16.8 Å². The molecule has 5 nitrogen and oxygen atoms in total. The van der Waals surface area contributed by atoms with Crippen molar-refractivity contribution in [2.75, 3.05) is 0 Å². The monoisotopic (exact) mass is 342 g/mol. The van der Waals surface area contributed by atoms with Gasteiger partial charge >= 0.3 is 10.1 Å². The van der Waals surface area contributed by atoms with E-state index in [4.69, 9.17) is 4.18 Å². The van der Waals surface area contributed by atoms with Crippen molar-refractivity contribution in [3.8, 4) is 11.6 Å². The molecule has 0 N–H and O–H groups in total. The lowest BCUT2D eigenvalue weighted by Crippen LogP contribution is -2.12. The SMILES string of the molecule is CC(C)c1cc(OS(=O)(=O)c2ccccc2)n(-c2ccccc2)n1. The van der Waals surface area contributed by atoms with Crippen molar-refractivity contribution in [1.82, 2.24) is 9.78 Å². The highest BCUT2D eigenvalue weighted by Gasteiger charge is 2.21. The number of nitrogens with zero attached hydrogens (tertiary/aromatic N) is 2. The normalized spacial score (nSPS) is 11.6. The summed E-state index contributed by atoms with van der Waals surface area (Å²) in [6.07, 6.45) is 0. The molecular weight excluding hydrogens is 324 g/mol. The Bertz CT molecular complexity index is 917. The Morgan fingerprint density at radius 2 is 1.54 bits per heavy atom. The van der Waals surface area contributed by atoms with Gasteiger partial charge in [0.2, 0.25) is 5.88 Å². The van der Waals surface area contributed by atoms with Crippen LogP contribution < -0.4 is 4.18 Å². The lowest BCUT2D eigenvalue weighted by molar-refractivity contribution is 0.465. The minimum absolute atomic E-state index is 0.108. The highest BCUT2D eigenvalue weighted by Crippen LogP contribution is 2.26. The van der Waals surface area contributed by atoms with Crippen molar-refractivity contribution in [3.05, 3.63) is 72.4 Å². The smallest absolute Gasteiger partial charge is 0.340 e. The Hall–Kier alpha value is -2.60. The molecule has 24 heavy (non-hydrogen) atoms. The standard InChI is InChI=1S/C18H18N2O3S/c1-14(2)17-13-18(20(19-17)15-9-5-3-6-10-15)23-24(21,22)16-11-7-4-8-12-16/h3-14H,1-2H3. The Balaban J connectivity index is 2.04. The molecule has 0 aliphatic heterocycles. The maximum absolute atomic E-state index is 12.5. The fourth-order valence-electron chi connectivity index (χ4n) is 2.22. The van der Waals surface area contributed by atoms with E-state index >= 15 is 0 Å². The zero-order valence-corrected chi connectivity index (χ0v) is 14.3. The summed E-state index contributed by atoms with van der Waals surface area (Å²) in [5, 5.41) is 4.49. The number of rotatable bonds is 5. The molecule has 0 aliphatic carbocycles. The first-order valence-corrected chi connectivity index (χ1v) is 9.03. The van der Waals surface area contributed by atoms with Gasteiger partial charge in [-0.3, -0.25) is 0 Å². The molecular formula is C18H18N2O3S. The Kier molecular flexibility index (Phi) is 4.40. The summed E-state index contributed by atoms with van der Waals surface area (Å²) in [5.41, 5.74) is 1.50. The summed E-state index contributed by atoms with van der Waals surface area (Å²) in [7, 11) is -3.92. The van der Waals surface area contributed by atoms with Crippen molar-refractivity contribution >= 4 is 10.1 Å². The fraction of sp³-hybridized carbons (Fsp3) is 0.167. The third-order valence-electron chi connectivity index (χ3n) is 3.51. The van der Waals surface area contributed by atoms with Crippen LogP contribution in [0.5, 0.6) is 5.88 Å². The van der Waals surface area contributed by atoms with Crippen LogP contribution in [0.25, 0.3) is 5.69 Å². The second-order valence-electron chi connectivity index (χ2n) is 5.66. The summed E-state index contributed by atoms with van der Waals surface area (Å²) < 4.78 is 31.9. The molecule has 1 aromatic heterocycles. The zero-order chi connectivity index (χ0) is 17.2. The van der Waals surface area contributed by atoms with E-state index in [-0.39, 0.29) is 16.7 Å². The van der Waals surface area contributed by atoms with Gasteiger partial charge in [0.05, 0.1) is 11.4 Å². The molecule has 3 aromatic rings. The van der Waals surface area contributed by atoms with E-state index in [1.807, 2.05) is 44.2 Å². The minimum Gasteiger partial charge on any atom is -0.358 e. The van der Waals surface area contributed by atoms with Gasteiger partial charge in [0.15, 0.2) is 0 Å². The molecule has 0 aliphatic rings. The van der Waals surface area contributed by atoms with Crippen LogP contribution in [0.15, 0.2) is 71.6 Å². The van der Waals surface area contributed by atoms with E-state index < -0.39 is 10.1 Å². The molecule has 0 saturated heterocycles. The number of hydrogen-bond acceptors (Lipinski definition) is 4. The molecule has 0 radical (unpaired) electrons. The predicted molar refractivity (Wildman–Crippen MR) is 91.9 cm³/mol. The first kappa shape index (κ1) is 16.3. The molecule has 2 aromatic carbocycles. The number of aromatic nitrogens is 2. The van der Waals surface area contributed by atoms with E-state index in [2.05, 4.69) is 5.10 Å². The van der Waals surface area contributed by atoms with E-state index in [0.29, 0.717) is 0 Å². The van der Waals surface area contributed by atoms with Gasteiger partial charge in [0.1, 0.15) is 4.90 Å². The van der Waals surface area contributed by atoms with Gasteiger partial charge in [-0.25, -0.2) is 0 Å². The topological polar surface area (TPSA) is 61.2 Å². The third kappa shape index (κ3) is 3.33. The van der Waals surface area contributed by atoms with Gasteiger partial charge in [0.25, 0.3) is 0 Å². The largest absolute Gasteiger partial charge is 0.358 e. The maximum Gasteiger partial charge on any atom is 0.340 e. The van der Waals surface area contributed by atoms with E-state index in [9.17, 15) is 8.42 Å². The van der Waals surface area contributed by atoms with Gasteiger partial charge in [-0.05, 0) is 30.2 Å². The second kappa shape index (κ2) is 6.49. The number of hydrogen-bond donors (Lipinski definition) is 0. The molecule has 124 valence electrons. The Morgan fingerprint density at radius 3 is 2.12 bits per heavy atom. The van der Waals surface area contributed by atoms with Crippen LogP contribution in [-0.2, 0) is 10.1 Å². The summed E-state index contributed by atoms with van der Waals surface area (Å²) in [4.78, 5) is 0.108. The lowest BCUT2D eigenvalue weighted by Gasteiger charge is -2.09. The molecule has 0 unspecified atom stereocenters. The summed E-state index contributed by atoms with van der Waals surface area (Å²) in [6, 6.07) is 19.0. The van der Waals surface area contributed by atoms with Crippen molar-refractivity contribution in [3.63, 3.8) is 0 Å². The van der Waals surface area contributed by atoms with Gasteiger partial charge in [-0.15, -0.1) is 0 Å². The fourth-order valence-corrected chi connectivity index (χ4v) is 3.15. The molecule has 0 saturated carbocycles. The van der Waals surface area contributed by atoms with Crippen LogP contribution in [0.1, 0.15) is 25.5 Å². The van der Waals surface area contributed by atoms with Crippen molar-refractivity contribution in [1.29, 1.82) is 0 Å². The average Bonchev–Trinajstić information content (AvgIpc) is 3.00. The van der Waals surface area contributed by atoms with Crippen LogP contribution in [0.2, 0.25) is 0 Å². The molecule has 0 bridgehead atoms. The molecule has 0 spiro atoms. The molecule has 0 amide bonds. The third-order valence-corrected chi connectivity index (χ3v) is 4.75. The molecule has 0 fully saturated rings. The molecule has 1 heterocycles.